The lowest BCUT2D eigenvalue weighted by Crippen LogP contribution is -2.29. The van der Waals surface area contributed by atoms with E-state index in [0.29, 0.717) is 12.8 Å². The van der Waals surface area contributed by atoms with Crippen LogP contribution in [0, 0.1) is 0 Å². The Morgan fingerprint density at radius 3 is 1.82 bits per heavy atom. The Bertz CT molecular complexity index is 801. The summed E-state index contributed by atoms with van der Waals surface area (Å²) in [5.41, 5.74) is 0. The minimum absolute atomic E-state index is 0.169. The molecule has 0 aromatic heterocycles. The van der Waals surface area contributed by atoms with Crippen molar-refractivity contribution in [3.8, 4) is 0 Å². The normalized spacial score (nSPS) is 14.6. The first-order valence-electron chi connectivity index (χ1n) is 16.8. The molecule has 0 aliphatic carbocycles. The van der Waals surface area contributed by atoms with E-state index < -0.39 is 51.8 Å². The molecule has 0 amide bonds. The zero-order valence-electron chi connectivity index (χ0n) is 27.4. The van der Waals surface area contributed by atoms with Crippen LogP contribution in [0.2, 0.25) is 0 Å². The molecule has 0 fully saturated rings. The number of aliphatic hydroxyl groups is 2. The highest BCUT2D eigenvalue weighted by atomic mass is 31.2. The van der Waals surface area contributed by atoms with Crippen molar-refractivity contribution in [2.45, 2.75) is 148 Å². The first kappa shape index (κ1) is 42.5. The van der Waals surface area contributed by atoms with Gasteiger partial charge in [0, 0.05) is 12.8 Å². The zero-order chi connectivity index (χ0) is 32.7. The molecular weight excluding hydrogens is 587 g/mol. The fourth-order valence-electron chi connectivity index (χ4n) is 4.18. The number of esters is 2. The van der Waals surface area contributed by atoms with Crippen LogP contribution < -0.4 is 0 Å². The average molecular weight is 649 g/mol. The van der Waals surface area contributed by atoms with Crippen molar-refractivity contribution in [3.05, 3.63) is 24.3 Å². The minimum atomic E-state index is -4.60. The van der Waals surface area contributed by atoms with Gasteiger partial charge in [-0.15, -0.1) is 0 Å². The van der Waals surface area contributed by atoms with Crippen molar-refractivity contribution in [1.29, 1.82) is 0 Å². The second kappa shape index (κ2) is 30.1. The maximum atomic E-state index is 12.5. The predicted molar refractivity (Wildman–Crippen MR) is 173 cm³/mol. The van der Waals surface area contributed by atoms with E-state index in [1.54, 1.807) is 0 Å². The van der Waals surface area contributed by atoms with Crippen LogP contribution in [0.4, 0.5) is 0 Å². The van der Waals surface area contributed by atoms with E-state index in [9.17, 15) is 24.2 Å². The summed E-state index contributed by atoms with van der Waals surface area (Å²) in [6.07, 6.45) is 24.6. The minimum Gasteiger partial charge on any atom is -0.462 e. The summed E-state index contributed by atoms with van der Waals surface area (Å²) in [5, 5.41) is 18.2. The highest BCUT2D eigenvalue weighted by Gasteiger charge is 2.27. The van der Waals surface area contributed by atoms with Gasteiger partial charge in [-0.25, -0.2) is 4.57 Å². The SMILES string of the molecule is CCCC/C=C\C/C=C\CCCCCCCC(=O)OC(COC(=O)CCCCCCCCC)COP(=O)(O)OCC(O)CO. The second-order valence-corrected chi connectivity index (χ2v) is 12.6. The molecule has 0 bridgehead atoms. The molecule has 0 spiro atoms. The molecule has 0 radical (unpaired) electrons. The van der Waals surface area contributed by atoms with Crippen molar-refractivity contribution < 1.29 is 47.8 Å². The van der Waals surface area contributed by atoms with Gasteiger partial charge in [0.1, 0.15) is 12.7 Å². The molecule has 0 rings (SSSR count). The number of phosphoric acid groups is 1. The molecule has 10 nitrogen and oxygen atoms in total. The van der Waals surface area contributed by atoms with Gasteiger partial charge in [-0.1, -0.05) is 109 Å². The molecule has 3 N–H and O–H groups in total. The summed E-state index contributed by atoms with van der Waals surface area (Å²) in [6.45, 7) is 2.23. The summed E-state index contributed by atoms with van der Waals surface area (Å²) in [7, 11) is -4.60. The van der Waals surface area contributed by atoms with E-state index in [1.807, 2.05) is 0 Å². The Kier molecular flexibility index (Phi) is 29.1. The van der Waals surface area contributed by atoms with Crippen molar-refractivity contribution in [1.82, 2.24) is 0 Å². The second-order valence-electron chi connectivity index (χ2n) is 11.2. The Hall–Kier alpha value is -1.55. The zero-order valence-corrected chi connectivity index (χ0v) is 28.3. The van der Waals surface area contributed by atoms with Gasteiger partial charge in [-0.3, -0.25) is 18.6 Å². The predicted octanol–water partition coefficient (Wildman–Crippen LogP) is 7.49. The highest BCUT2D eigenvalue weighted by Crippen LogP contribution is 2.43. The van der Waals surface area contributed by atoms with Crippen LogP contribution in [-0.2, 0) is 32.7 Å². The largest absolute Gasteiger partial charge is 0.472 e. The topological polar surface area (TPSA) is 149 Å². The summed E-state index contributed by atoms with van der Waals surface area (Å²) >= 11 is 0. The summed E-state index contributed by atoms with van der Waals surface area (Å²) in [6, 6.07) is 0. The molecule has 0 aliphatic heterocycles. The van der Waals surface area contributed by atoms with E-state index in [1.165, 1.54) is 32.1 Å². The van der Waals surface area contributed by atoms with Gasteiger partial charge < -0.3 is 24.6 Å². The third-order valence-electron chi connectivity index (χ3n) is 6.86. The molecule has 258 valence electrons. The molecule has 0 saturated heterocycles. The van der Waals surface area contributed by atoms with E-state index in [-0.39, 0.29) is 19.4 Å². The molecule has 11 heteroatoms. The lowest BCUT2D eigenvalue weighted by molar-refractivity contribution is -0.161. The van der Waals surface area contributed by atoms with Crippen LogP contribution in [0.3, 0.4) is 0 Å². The molecular formula is C33H61O10P. The van der Waals surface area contributed by atoms with E-state index in [4.69, 9.17) is 19.1 Å². The maximum Gasteiger partial charge on any atom is 0.472 e. The number of carbonyl (C=O) groups is 2. The van der Waals surface area contributed by atoms with Gasteiger partial charge in [-0.05, 0) is 38.5 Å². The van der Waals surface area contributed by atoms with Crippen molar-refractivity contribution in [2.24, 2.45) is 0 Å². The number of hydrogen-bond donors (Lipinski definition) is 3. The quantitative estimate of drug-likeness (QED) is 0.0299. The lowest BCUT2D eigenvalue weighted by atomic mass is 10.1. The Balaban J connectivity index is 4.43. The number of phosphoric ester groups is 1. The van der Waals surface area contributed by atoms with E-state index in [0.717, 1.165) is 64.2 Å². The number of hydrogen-bond acceptors (Lipinski definition) is 9. The summed E-state index contributed by atoms with van der Waals surface area (Å²) in [5.74, 6) is -0.951. The number of aliphatic hydroxyl groups excluding tert-OH is 2. The molecule has 0 heterocycles. The number of allylic oxidation sites excluding steroid dienone is 4. The number of rotatable bonds is 31. The molecule has 3 unspecified atom stereocenters. The van der Waals surface area contributed by atoms with Crippen molar-refractivity contribution in [2.75, 3.05) is 26.4 Å². The van der Waals surface area contributed by atoms with Crippen LogP contribution in [0.5, 0.6) is 0 Å². The molecule has 44 heavy (non-hydrogen) atoms. The van der Waals surface area contributed by atoms with Crippen LogP contribution in [0.1, 0.15) is 136 Å². The monoisotopic (exact) mass is 648 g/mol. The van der Waals surface area contributed by atoms with Crippen molar-refractivity contribution in [3.63, 3.8) is 0 Å². The van der Waals surface area contributed by atoms with Crippen LogP contribution in [0.25, 0.3) is 0 Å². The van der Waals surface area contributed by atoms with Gasteiger partial charge in [0.15, 0.2) is 6.10 Å². The third-order valence-corrected chi connectivity index (χ3v) is 7.81. The molecule has 0 aromatic rings. The Labute approximate surface area is 266 Å². The Morgan fingerprint density at radius 2 is 1.20 bits per heavy atom. The van der Waals surface area contributed by atoms with E-state index in [2.05, 4.69) is 42.7 Å². The average Bonchev–Trinajstić information content (AvgIpc) is 3.00. The van der Waals surface area contributed by atoms with E-state index >= 15 is 0 Å². The van der Waals surface area contributed by atoms with Crippen LogP contribution in [-0.4, -0.2) is 65.7 Å². The molecule has 0 aromatic carbocycles. The van der Waals surface area contributed by atoms with Gasteiger partial charge >= 0.3 is 19.8 Å². The third kappa shape index (κ3) is 29.2. The van der Waals surface area contributed by atoms with Crippen molar-refractivity contribution >= 4 is 19.8 Å². The van der Waals surface area contributed by atoms with Gasteiger partial charge in [0.2, 0.25) is 0 Å². The smallest absolute Gasteiger partial charge is 0.462 e. The van der Waals surface area contributed by atoms with Gasteiger partial charge in [-0.2, -0.15) is 0 Å². The fourth-order valence-corrected chi connectivity index (χ4v) is 4.97. The highest BCUT2D eigenvalue weighted by molar-refractivity contribution is 7.47. The lowest BCUT2D eigenvalue weighted by Gasteiger charge is -2.20. The summed E-state index contributed by atoms with van der Waals surface area (Å²) in [4.78, 5) is 34.5. The number of carbonyl (C=O) groups excluding carboxylic acids is 2. The van der Waals surface area contributed by atoms with Gasteiger partial charge in [0.05, 0.1) is 19.8 Å². The molecule has 3 atom stereocenters. The Morgan fingerprint density at radius 1 is 0.682 bits per heavy atom. The fraction of sp³-hybridized carbons (Fsp3) is 0.818. The van der Waals surface area contributed by atoms with Crippen LogP contribution >= 0.6 is 7.82 Å². The first-order chi connectivity index (χ1) is 21.2. The molecule has 0 saturated carbocycles. The van der Waals surface area contributed by atoms with Gasteiger partial charge in [0.25, 0.3) is 0 Å². The summed E-state index contributed by atoms with van der Waals surface area (Å²) < 4.78 is 32.3. The van der Waals surface area contributed by atoms with Crippen LogP contribution in [0.15, 0.2) is 24.3 Å². The molecule has 0 aliphatic rings. The maximum absolute atomic E-state index is 12.5. The first-order valence-corrected chi connectivity index (χ1v) is 18.3. The number of unbranched alkanes of at least 4 members (excludes halogenated alkanes) is 13. The number of ether oxygens (including phenoxy) is 2. The standard InChI is InChI=1S/C33H61O10P/c1-3-5-7-9-11-12-13-14-15-16-17-19-21-23-25-33(37)43-31(29-42-44(38,39)41-27-30(35)26-34)28-40-32(36)24-22-20-18-10-8-6-4-2/h9,11,13-14,30-31,34-35H,3-8,10,12,15-29H2,1-2H3,(H,38,39)/b11-9-,14-13-.